The molecule has 5 heteroatoms. The van der Waals surface area contributed by atoms with Crippen LogP contribution < -0.4 is 5.32 Å². The van der Waals surface area contributed by atoms with Crippen molar-refractivity contribution in [2.75, 3.05) is 6.54 Å². The highest BCUT2D eigenvalue weighted by Crippen LogP contribution is 2.23. The van der Waals surface area contributed by atoms with E-state index in [2.05, 4.69) is 27.1 Å². The Morgan fingerprint density at radius 1 is 1.22 bits per heavy atom. The van der Waals surface area contributed by atoms with Gasteiger partial charge >= 0.3 is 0 Å². The second-order valence-corrected chi connectivity index (χ2v) is 6.67. The van der Waals surface area contributed by atoms with E-state index in [0.29, 0.717) is 11.5 Å². The molecule has 0 atom stereocenters. The largest absolute Gasteiger partial charge is 0.352 e. The van der Waals surface area contributed by atoms with Crippen LogP contribution in [0.15, 0.2) is 18.3 Å². The molecule has 0 bridgehead atoms. The van der Waals surface area contributed by atoms with Crippen LogP contribution in [0.1, 0.15) is 53.8 Å². The van der Waals surface area contributed by atoms with Crippen LogP contribution in [-0.4, -0.2) is 26.8 Å². The minimum atomic E-state index is -0.0221. The van der Waals surface area contributed by atoms with Gasteiger partial charge in [0.25, 0.3) is 5.91 Å². The summed E-state index contributed by atoms with van der Waals surface area (Å²) in [6.07, 6.45) is 8.06. The molecule has 0 radical (unpaired) electrons. The van der Waals surface area contributed by atoms with Gasteiger partial charge in [-0.3, -0.25) is 9.48 Å². The molecule has 0 aromatic carbocycles. The summed E-state index contributed by atoms with van der Waals surface area (Å²) in [5.74, 6) is 1.44. The van der Waals surface area contributed by atoms with E-state index in [-0.39, 0.29) is 5.91 Å². The highest BCUT2D eigenvalue weighted by molar-refractivity contribution is 5.97. The van der Waals surface area contributed by atoms with Crippen molar-refractivity contribution in [3.05, 3.63) is 35.3 Å². The number of hydrogen-bond donors (Lipinski definition) is 1. The van der Waals surface area contributed by atoms with Crippen molar-refractivity contribution < 1.29 is 4.79 Å². The maximum atomic E-state index is 12.7. The third kappa shape index (κ3) is 3.19. The van der Waals surface area contributed by atoms with Gasteiger partial charge in [0.1, 0.15) is 11.4 Å². The number of hydrogen-bond acceptors (Lipinski definition) is 2. The molecule has 1 aliphatic rings. The zero-order valence-corrected chi connectivity index (χ0v) is 14.3. The molecule has 0 aliphatic heterocycles. The lowest BCUT2D eigenvalue weighted by Crippen LogP contribution is -2.31. The Bertz CT molecular complexity index is 672. The fourth-order valence-electron chi connectivity index (χ4n) is 3.58. The Hall–Kier alpha value is -2.04. The average Bonchev–Trinajstić information content (AvgIpc) is 3.08. The minimum Gasteiger partial charge on any atom is -0.352 e. The minimum absolute atomic E-state index is 0.0221. The van der Waals surface area contributed by atoms with Crippen LogP contribution in [0.3, 0.4) is 0 Å². The topological polar surface area (TPSA) is 51.9 Å². The molecule has 1 saturated carbocycles. The first-order valence-corrected chi connectivity index (χ1v) is 8.53. The van der Waals surface area contributed by atoms with Crippen LogP contribution >= 0.6 is 0 Å². The summed E-state index contributed by atoms with van der Waals surface area (Å²) in [6.45, 7) is 4.87. The van der Waals surface area contributed by atoms with Crippen LogP contribution in [-0.2, 0) is 7.05 Å². The van der Waals surface area contributed by atoms with Crippen molar-refractivity contribution in [1.29, 1.82) is 0 Å². The van der Waals surface area contributed by atoms with Gasteiger partial charge in [0, 0.05) is 25.0 Å². The van der Waals surface area contributed by atoms with Crippen molar-refractivity contribution >= 4 is 5.91 Å². The average molecular weight is 314 g/mol. The maximum Gasteiger partial charge on any atom is 0.256 e. The van der Waals surface area contributed by atoms with E-state index in [0.717, 1.165) is 23.8 Å². The number of nitrogens with one attached hydrogen (secondary N) is 1. The van der Waals surface area contributed by atoms with Crippen LogP contribution in [0.4, 0.5) is 0 Å². The molecule has 1 N–H and O–H groups in total. The van der Waals surface area contributed by atoms with Gasteiger partial charge in [-0.1, -0.05) is 19.3 Å². The van der Waals surface area contributed by atoms with Crippen molar-refractivity contribution in [3.63, 3.8) is 0 Å². The molecule has 2 aromatic heterocycles. The second-order valence-electron chi connectivity index (χ2n) is 6.67. The fraction of sp³-hybridized carbons (Fsp3) is 0.556. The molecule has 23 heavy (non-hydrogen) atoms. The lowest BCUT2D eigenvalue weighted by Gasteiger charge is -2.21. The Kier molecular flexibility index (Phi) is 4.55. The molecule has 124 valence electrons. The molecule has 2 aromatic rings. The summed E-state index contributed by atoms with van der Waals surface area (Å²) in [5, 5.41) is 7.42. The van der Waals surface area contributed by atoms with Crippen molar-refractivity contribution in [1.82, 2.24) is 19.7 Å². The van der Waals surface area contributed by atoms with Crippen molar-refractivity contribution in [3.8, 4) is 5.82 Å². The predicted molar refractivity (Wildman–Crippen MR) is 90.9 cm³/mol. The van der Waals surface area contributed by atoms with E-state index in [1.54, 1.807) is 10.9 Å². The van der Waals surface area contributed by atoms with Crippen LogP contribution in [0.5, 0.6) is 0 Å². The predicted octanol–water partition coefficient (Wildman–Crippen LogP) is 3.14. The lowest BCUT2D eigenvalue weighted by molar-refractivity contribution is 0.0943. The van der Waals surface area contributed by atoms with Crippen LogP contribution in [0.25, 0.3) is 5.82 Å². The van der Waals surface area contributed by atoms with Gasteiger partial charge in [0.05, 0.1) is 6.20 Å². The number of carbonyl (C=O) groups excluding carboxylic acids is 1. The maximum absolute atomic E-state index is 12.7. The molecule has 1 amide bonds. The lowest BCUT2D eigenvalue weighted by atomic mass is 9.89. The van der Waals surface area contributed by atoms with Gasteiger partial charge in [-0.05, 0) is 44.7 Å². The molecule has 2 heterocycles. The molecule has 0 saturated heterocycles. The number of nitrogens with zero attached hydrogens (tertiary/aromatic N) is 3. The quantitative estimate of drug-likeness (QED) is 0.942. The summed E-state index contributed by atoms with van der Waals surface area (Å²) in [7, 11) is 1.88. The molecule has 1 aliphatic carbocycles. The van der Waals surface area contributed by atoms with Gasteiger partial charge in [-0.25, -0.2) is 0 Å². The Morgan fingerprint density at radius 3 is 2.52 bits per heavy atom. The molecular weight excluding hydrogens is 288 g/mol. The Morgan fingerprint density at radius 2 is 1.87 bits per heavy atom. The van der Waals surface area contributed by atoms with Gasteiger partial charge in [-0.2, -0.15) is 5.10 Å². The highest BCUT2D eigenvalue weighted by Gasteiger charge is 2.21. The number of rotatable bonds is 4. The molecule has 0 unspecified atom stereocenters. The van der Waals surface area contributed by atoms with Gasteiger partial charge < -0.3 is 9.88 Å². The molecule has 5 nitrogen and oxygen atoms in total. The van der Waals surface area contributed by atoms with Crippen LogP contribution in [0.2, 0.25) is 0 Å². The second kappa shape index (κ2) is 6.60. The van der Waals surface area contributed by atoms with Gasteiger partial charge in [0.15, 0.2) is 0 Å². The van der Waals surface area contributed by atoms with Crippen molar-refractivity contribution in [2.24, 2.45) is 13.0 Å². The first-order chi connectivity index (χ1) is 11.1. The molecule has 3 rings (SSSR count). The smallest absolute Gasteiger partial charge is 0.256 e. The van der Waals surface area contributed by atoms with Gasteiger partial charge in [-0.15, -0.1) is 0 Å². The number of amides is 1. The highest BCUT2D eigenvalue weighted by atomic mass is 16.1. The fourth-order valence-corrected chi connectivity index (χ4v) is 3.58. The third-order valence-corrected chi connectivity index (χ3v) is 4.91. The normalized spacial score (nSPS) is 15.8. The summed E-state index contributed by atoms with van der Waals surface area (Å²) < 4.78 is 3.86. The number of aromatic nitrogens is 3. The standard InChI is InChI=1S/C18H26N4O/c1-13-9-10-14(2)22(13)18-16(12-20-21(18)3)17(23)19-11-15-7-5-4-6-8-15/h9-10,12,15H,4-8,11H2,1-3H3,(H,19,23). The molecule has 0 spiro atoms. The van der Waals surface area contributed by atoms with E-state index >= 15 is 0 Å². The van der Waals surface area contributed by atoms with E-state index < -0.39 is 0 Å². The van der Waals surface area contributed by atoms with Crippen LogP contribution in [0, 0.1) is 19.8 Å². The molecule has 1 fully saturated rings. The zero-order valence-electron chi connectivity index (χ0n) is 14.3. The summed E-state index contributed by atoms with van der Waals surface area (Å²) in [5.41, 5.74) is 2.85. The summed E-state index contributed by atoms with van der Waals surface area (Å²) >= 11 is 0. The zero-order chi connectivity index (χ0) is 16.4. The Balaban J connectivity index is 1.79. The van der Waals surface area contributed by atoms with E-state index in [1.165, 1.54) is 32.1 Å². The number of carbonyl (C=O) groups is 1. The van der Waals surface area contributed by atoms with E-state index in [9.17, 15) is 4.79 Å². The monoisotopic (exact) mass is 314 g/mol. The van der Waals surface area contributed by atoms with E-state index in [4.69, 9.17) is 0 Å². The van der Waals surface area contributed by atoms with Crippen molar-refractivity contribution in [2.45, 2.75) is 46.0 Å². The SMILES string of the molecule is Cc1ccc(C)n1-c1c(C(=O)NCC2CCCCC2)cnn1C. The third-order valence-electron chi connectivity index (χ3n) is 4.91. The first kappa shape index (κ1) is 15.8. The summed E-state index contributed by atoms with van der Waals surface area (Å²) in [6, 6.07) is 4.12. The van der Waals surface area contributed by atoms with Gasteiger partial charge in [0.2, 0.25) is 0 Å². The molecular formula is C18H26N4O. The summed E-state index contributed by atoms with van der Waals surface area (Å²) in [4.78, 5) is 12.7. The van der Waals surface area contributed by atoms with E-state index in [1.807, 2.05) is 20.9 Å². The Labute approximate surface area is 137 Å². The number of aryl methyl sites for hydroxylation is 3. The first-order valence-electron chi connectivity index (χ1n) is 8.53.